The number of nitrogens with one attached hydrogen (secondary N) is 1. The van der Waals surface area contributed by atoms with Crippen molar-refractivity contribution in [3.63, 3.8) is 0 Å². The maximum atomic E-state index is 14.5. The Morgan fingerprint density at radius 1 is 1.14 bits per heavy atom. The molecule has 1 N–H and O–H groups in total. The summed E-state index contributed by atoms with van der Waals surface area (Å²) in [6.45, 7) is 5.88. The number of alkyl halides is 3. The molecule has 1 amide bonds. The molecule has 0 saturated carbocycles. The van der Waals surface area contributed by atoms with Crippen LogP contribution in [0.2, 0.25) is 0 Å². The topological polar surface area (TPSA) is 78.9 Å². The van der Waals surface area contributed by atoms with Crippen molar-refractivity contribution in [1.82, 2.24) is 4.98 Å². The highest BCUT2D eigenvalue weighted by Crippen LogP contribution is 2.55. The Kier molecular flexibility index (Phi) is 6.97. The Bertz CT molecular complexity index is 1170. The van der Waals surface area contributed by atoms with E-state index in [1.807, 2.05) is 0 Å². The van der Waals surface area contributed by atoms with Gasteiger partial charge in [-0.25, -0.2) is 4.39 Å². The van der Waals surface area contributed by atoms with Gasteiger partial charge in [0, 0.05) is 17.4 Å². The molecule has 4 rings (SSSR count). The van der Waals surface area contributed by atoms with Crippen LogP contribution in [-0.4, -0.2) is 48.3 Å². The lowest BCUT2D eigenvalue weighted by molar-refractivity contribution is -0.272. The lowest BCUT2D eigenvalue weighted by atomic mass is 9.77. The van der Waals surface area contributed by atoms with Crippen molar-refractivity contribution in [1.29, 1.82) is 0 Å². The molecule has 2 fully saturated rings. The third-order valence-corrected chi connectivity index (χ3v) is 6.96. The molecule has 1 aromatic heterocycles. The van der Waals surface area contributed by atoms with Gasteiger partial charge in [-0.3, -0.25) is 9.78 Å². The Hall–Kier alpha value is -2.83. The van der Waals surface area contributed by atoms with Gasteiger partial charge in [-0.15, -0.1) is 0 Å². The van der Waals surface area contributed by atoms with Gasteiger partial charge < -0.3 is 24.3 Å². The van der Waals surface area contributed by atoms with Crippen LogP contribution < -0.4 is 10.1 Å². The van der Waals surface area contributed by atoms with Crippen molar-refractivity contribution >= 4 is 11.6 Å². The summed E-state index contributed by atoms with van der Waals surface area (Å²) in [5.41, 5.74) is -2.12. The Labute approximate surface area is 210 Å². The van der Waals surface area contributed by atoms with Gasteiger partial charge in [-0.2, -0.15) is 17.6 Å². The first-order valence-corrected chi connectivity index (χ1v) is 11.5. The van der Waals surface area contributed by atoms with E-state index in [0.29, 0.717) is 5.69 Å². The number of halogens is 5. The van der Waals surface area contributed by atoms with Crippen molar-refractivity contribution in [2.24, 2.45) is 5.92 Å². The fourth-order valence-electron chi connectivity index (χ4n) is 4.76. The van der Waals surface area contributed by atoms with E-state index in [-0.39, 0.29) is 17.9 Å². The molecule has 2 aliphatic heterocycles. The molecule has 202 valence electrons. The molecule has 0 unspecified atom stereocenters. The van der Waals surface area contributed by atoms with Gasteiger partial charge >= 0.3 is 6.18 Å². The fraction of sp³-hybridized carbons (Fsp3) is 0.520. The van der Waals surface area contributed by atoms with Crippen molar-refractivity contribution in [3.8, 4) is 5.75 Å². The maximum absolute atomic E-state index is 14.5. The standard InChI is InChI=1S/C25H27F5N2O5/c1-12-18(14-7-8-15(26)19(27)20(14)34-5)21(37-24(12,4)25(28,29)30)22(33)32-13-6-9-16(31-10-13)17-11-35-23(2,3)36-17/h6-10,12,17-18,21H,11H2,1-5H3,(H,32,33)/t12-,17+,18-,21+,24+/m0/s1. The van der Waals surface area contributed by atoms with Crippen molar-refractivity contribution in [2.45, 2.75) is 63.4 Å². The molecule has 2 aromatic rings. The van der Waals surface area contributed by atoms with Gasteiger partial charge in [0.1, 0.15) is 12.2 Å². The molecule has 0 radical (unpaired) electrons. The van der Waals surface area contributed by atoms with Gasteiger partial charge in [0.25, 0.3) is 5.91 Å². The van der Waals surface area contributed by atoms with Gasteiger partial charge in [-0.05, 0) is 39.0 Å². The van der Waals surface area contributed by atoms with Gasteiger partial charge in [0.15, 0.2) is 23.0 Å². The third-order valence-electron chi connectivity index (χ3n) is 6.96. The molecule has 2 aliphatic rings. The first-order valence-electron chi connectivity index (χ1n) is 11.5. The number of nitrogens with zero attached hydrogens (tertiary/aromatic N) is 1. The molecule has 1 aromatic carbocycles. The molecule has 5 atom stereocenters. The molecule has 37 heavy (non-hydrogen) atoms. The van der Waals surface area contributed by atoms with Crippen LogP contribution in [0.4, 0.5) is 27.6 Å². The minimum absolute atomic E-state index is 0.114. The van der Waals surface area contributed by atoms with Crippen molar-refractivity contribution in [2.75, 3.05) is 19.0 Å². The average molecular weight is 530 g/mol. The minimum Gasteiger partial charge on any atom is -0.493 e. The number of hydrogen-bond donors (Lipinski definition) is 1. The molecule has 0 spiro atoms. The van der Waals surface area contributed by atoms with E-state index < -0.39 is 64.9 Å². The number of carbonyl (C=O) groups is 1. The number of hydrogen-bond acceptors (Lipinski definition) is 6. The molecule has 7 nitrogen and oxygen atoms in total. The van der Waals surface area contributed by atoms with E-state index in [4.69, 9.17) is 18.9 Å². The zero-order valence-corrected chi connectivity index (χ0v) is 20.8. The Morgan fingerprint density at radius 2 is 1.84 bits per heavy atom. The van der Waals surface area contributed by atoms with Crippen LogP contribution in [0.5, 0.6) is 5.75 Å². The SMILES string of the molecule is COc1c([C@H]2[C@H](C(=O)Nc3ccc([C@H]4COC(C)(C)O4)nc3)O[C@@](C)(C(F)(F)F)[C@H]2C)ccc(F)c1F. The quantitative estimate of drug-likeness (QED) is 0.531. The van der Waals surface area contributed by atoms with E-state index >= 15 is 0 Å². The first kappa shape index (κ1) is 27.2. The number of carbonyl (C=O) groups excluding carboxylic acids is 1. The van der Waals surface area contributed by atoms with E-state index in [0.717, 1.165) is 26.2 Å². The third kappa shape index (κ3) is 4.89. The van der Waals surface area contributed by atoms with Crippen LogP contribution in [0.3, 0.4) is 0 Å². The Balaban J connectivity index is 1.64. The second kappa shape index (κ2) is 9.48. The molecular formula is C25H27F5N2O5. The zero-order chi connectivity index (χ0) is 27.3. The number of ether oxygens (including phenoxy) is 4. The number of rotatable bonds is 5. The predicted molar refractivity (Wildman–Crippen MR) is 121 cm³/mol. The summed E-state index contributed by atoms with van der Waals surface area (Å²) in [4.78, 5) is 17.5. The van der Waals surface area contributed by atoms with Gasteiger partial charge in [0.05, 0.1) is 31.3 Å². The normalized spacial score (nSPS) is 29.4. The molecule has 3 heterocycles. The smallest absolute Gasteiger partial charge is 0.417 e. The average Bonchev–Trinajstić information content (AvgIpc) is 3.33. The summed E-state index contributed by atoms with van der Waals surface area (Å²) >= 11 is 0. The summed E-state index contributed by atoms with van der Waals surface area (Å²) in [6, 6.07) is 4.99. The van der Waals surface area contributed by atoms with Gasteiger partial charge in [-0.1, -0.05) is 13.0 Å². The van der Waals surface area contributed by atoms with Gasteiger partial charge in [0.2, 0.25) is 5.82 Å². The van der Waals surface area contributed by atoms with E-state index in [9.17, 15) is 26.7 Å². The van der Waals surface area contributed by atoms with Crippen LogP contribution in [-0.2, 0) is 19.0 Å². The summed E-state index contributed by atoms with van der Waals surface area (Å²) in [6.07, 6.45) is -5.65. The highest BCUT2D eigenvalue weighted by atomic mass is 19.4. The second-order valence-electron chi connectivity index (χ2n) is 9.72. The summed E-state index contributed by atoms with van der Waals surface area (Å²) < 4.78 is 92.1. The minimum atomic E-state index is -4.86. The lowest BCUT2D eigenvalue weighted by Gasteiger charge is -2.32. The number of amides is 1. The number of pyridine rings is 1. The van der Waals surface area contributed by atoms with E-state index in [2.05, 4.69) is 10.3 Å². The number of aromatic nitrogens is 1. The number of benzene rings is 1. The zero-order valence-electron chi connectivity index (χ0n) is 20.8. The molecule has 2 saturated heterocycles. The molecule has 0 aliphatic carbocycles. The maximum Gasteiger partial charge on any atom is 0.417 e. The highest BCUT2D eigenvalue weighted by Gasteiger charge is 2.66. The van der Waals surface area contributed by atoms with Crippen LogP contribution in [0, 0.1) is 17.6 Å². The fourth-order valence-corrected chi connectivity index (χ4v) is 4.76. The number of anilines is 1. The number of methoxy groups -OCH3 is 1. The highest BCUT2D eigenvalue weighted by molar-refractivity contribution is 5.95. The molecular weight excluding hydrogens is 503 g/mol. The van der Waals surface area contributed by atoms with Crippen LogP contribution in [0.1, 0.15) is 51.0 Å². The Morgan fingerprint density at radius 3 is 2.38 bits per heavy atom. The molecule has 12 heteroatoms. The van der Waals surface area contributed by atoms with E-state index in [1.165, 1.54) is 19.2 Å². The van der Waals surface area contributed by atoms with Crippen LogP contribution in [0.15, 0.2) is 30.5 Å². The summed E-state index contributed by atoms with van der Waals surface area (Å²) in [5.74, 6) is -7.53. The monoisotopic (exact) mass is 530 g/mol. The largest absolute Gasteiger partial charge is 0.493 e. The second-order valence-corrected chi connectivity index (χ2v) is 9.72. The van der Waals surface area contributed by atoms with E-state index in [1.54, 1.807) is 19.9 Å². The first-order chi connectivity index (χ1) is 17.2. The van der Waals surface area contributed by atoms with Crippen LogP contribution >= 0.6 is 0 Å². The lowest BCUT2D eigenvalue weighted by Crippen LogP contribution is -2.47. The predicted octanol–water partition coefficient (Wildman–Crippen LogP) is 5.27. The summed E-state index contributed by atoms with van der Waals surface area (Å²) in [5, 5.41) is 2.52. The van der Waals surface area contributed by atoms with Crippen LogP contribution in [0.25, 0.3) is 0 Å². The molecule has 0 bridgehead atoms. The van der Waals surface area contributed by atoms with Crippen molar-refractivity contribution in [3.05, 3.63) is 53.4 Å². The summed E-state index contributed by atoms with van der Waals surface area (Å²) in [7, 11) is 1.06. The van der Waals surface area contributed by atoms with Crippen molar-refractivity contribution < 1.29 is 45.7 Å².